The minimum atomic E-state index is 0.552. The van der Waals surface area contributed by atoms with Gasteiger partial charge in [0.15, 0.2) is 0 Å². The first-order valence-corrected chi connectivity index (χ1v) is 6.97. The number of nitrogens with one attached hydrogen (secondary N) is 2. The minimum absolute atomic E-state index is 0.552. The molecular weight excluding hydrogens is 303 g/mol. The highest BCUT2D eigenvalue weighted by Crippen LogP contribution is 2.29. The third-order valence-electron chi connectivity index (χ3n) is 2.57. The summed E-state index contributed by atoms with van der Waals surface area (Å²) in [6.07, 6.45) is 0. The van der Waals surface area contributed by atoms with Gasteiger partial charge in [-0.3, -0.25) is 0 Å². The zero-order chi connectivity index (χ0) is 13.7. The quantitative estimate of drug-likeness (QED) is 0.744. The van der Waals surface area contributed by atoms with Crippen molar-refractivity contribution in [1.82, 2.24) is 0 Å². The Morgan fingerprint density at radius 1 is 0.789 bits per heavy atom. The fourth-order valence-electron chi connectivity index (χ4n) is 1.61. The van der Waals surface area contributed by atoms with Gasteiger partial charge < -0.3 is 10.6 Å². The molecule has 2 aromatic rings. The number of hydrogen-bond acceptors (Lipinski definition) is 2. The maximum Gasteiger partial charge on any atom is 0.0823 e. The van der Waals surface area contributed by atoms with Gasteiger partial charge in [-0.1, -0.05) is 40.9 Å². The van der Waals surface area contributed by atoms with Gasteiger partial charge in [-0.25, -0.2) is 0 Å². The van der Waals surface area contributed by atoms with E-state index in [9.17, 15) is 0 Å². The largest absolute Gasteiger partial charge is 0.383 e. The SMILES string of the molecule is Clc1ccc(NCCNc2cccc(Cl)c2Cl)cc1. The average Bonchev–Trinajstić information content (AvgIpc) is 2.41. The lowest BCUT2D eigenvalue weighted by Gasteiger charge is -2.10. The van der Waals surface area contributed by atoms with Crippen molar-refractivity contribution >= 4 is 46.2 Å². The van der Waals surface area contributed by atoms with Crippen molar-refractivity contribution in [2.24, 2.45) is 0 Å². The summed E-state index contributed by atoms with van der Waals surface area (Å²) >= 11 is 17.8. The molecule has 0 aromatic heterocycles. The second kappa shape index (κ2) is 6.90. The lowest BCUT2D eigenvalue weighted by atomic mass is 10.3. The normalized spacial score (nSPS) is 10.3. The molecule has 0 saturated carbocycles. The van der Waals surface area contributed by atoms with E-state index in [-0.39, 0.29) is 0 Å². The van der Waals surface area contributed by atoms with Crippen LogP contribution in [0.3, 0.4) is 0 Å². The summed E-state index contributed by atoms with van der Waals surface area (Å²) in [4.78, 5) is 0. The summed E-state index contributed by atoms with van der Waals surface area (Å²) in [6.45, 7) is 1.51. The van der Waals surface area contributed by atoms with Crippen LogP contribution in [0.1, 0.15) is 0 Å². The number of halogens is 3. The second-order valence-corrected chi connectivity index (χ2v) is 5.18. The predicted octanol–water partition coefficient (Wildman–Crippen LogP) is 5.17. The van der Waals surface area contributed by atoms with E-state index < -0.39 is 0 Å². The Balaban J connectivity index is 1.81. The van der Waals surface area contributed by atoms with Crippen LogP contribution in [0.15, 0.2) is 42.5 Å². The standard InChI is InChI=1S/C14H13Cl3N2/c15-10-4-6-11(7-5-10)18-8-9-19-13-3-1-2-12(16)14(13)17/h1-7,18-19H,8-9H2. The van der Waals surface area contributed by atoms with E-state index >= 15 is 0 Å². The Hall–Kier alpha value is -1.09. The molecule has 0 heterocycles. The van der Waals surface area contributed by atoms with Crippen molar-refractivity contribution in [3.63, 3.8) is 0 Å². The van der Waals surface area contributed by atoms with Crippen LogP contribution in [0.5, 0.6) is 0 Å². The van der Waals surface area contributed by atoms with Crippen LogP contribution in [-0.4, -0.2) is 13.1 Å². The van der Waals surface area contributed by atoms with Gasteiger partial charge in [0.2, 0.25) is 0 Å². The van der Waals surface area contributed by atoms with E-state index in [0.29, 0.717) is 10.0 Å². The van der Waals surface area contributed by atoms with Crippen LogP contribution in [0, 0.1) is 0 Å². The van der Waals surface area contributed by atoms with E-state index in [1.807, 2.05) is 36.4 Å². The van der Waals surface area contributed by atoms with Gasteiger partial charge in [-0.15, -0.1) is 0 Å². The highest BCUT2D eigenvalue weighted by molar-refractivity contribution is 6.43. The molecule has 2 N–H and O–H groups in total. The molecule has 100 valence electrons. The van der Waals surface area contributed by atoms with Gasteiger partial charge in [0.05, 0.1) is 15.7 Å². The minimum Gasteiger partial charge on any atom is -0.383 e. The molecule has 2 rings (SSSR count). The van der Waals surface area contributed by atoms with E-state index in [1.165, 1.54) is 0 Å². The highest BCUT2D eigenvalue weighted by atomic mass is 35.5. The van der Waals surface area contributed by atoms with Crippen molar-refractivity contribution in [1.29, 1.82) is 0 Å². The molecule has 0 spiro atoms. The maximum absolute atomic E-state index is 6.08. The van der Waals surface area contributed by atoms with E-state index in [2.05, 4.69) is 10.6 Å². The zero-order valence-electron chi connectivity index (χ0n) is 10.1. The Morgan fingerprint density at radius 2 is 1.47 bits per heavy atom. The van der Waals surface area contributed by atoms with Gasteiger partial charge in [0.1, 0.15) is 0 Å². The number of benzene rings is 2. The third kappa shape index (κ3) is 4.20. The number of hydrogen-bond donors (Lipinski definition) is 2. The lowest BCUT2D eigenvalue weighted by molar-refractivity contribution is 1.08. The summed E-state index contributed by atoms with van der Waals surface area (Å²) in [5.41, 5.74) is 1.87. The summed E-state index contributed by atoms with van der Waals surface area (Å²) in [5, 5.41) is 8.34. The molecule has 0 radical (unpaired) electrons. The summed E-state index contributed by atoms with van der Waals surface area (Å²) in [6, 6.07) is 13.1. The molecule has 5 heteroatoms. The molecule has 19 heavy (non-hydrogen) atoms. The molecule has 2 nitrogen and oxygen atoms in total. The number of anilines is 2. The first kappa shape index (κ1) is 14.3. The van der Waals surface area contributed by atoms with Gasteiger partial charge in [-0.2, -0.15) is 0 Å². The fraction of sp³-hybridized carbons (Fsp3) is 0.143. The summed E-state index contributed by atoms with van der Waals surface area (Å²) < 4.78 is 0. The van der Waals surface area contributed by atoms with E-state index in [4.69, 9.17) is 34.8 Å². The van der Waals surface area contributed by atoms with Gasteiger partial charge in [0, 0.05) is 23.8 Å². The molecule has 0 unspecified atom stereocenters. The molecule has 0 amide bonds. The molecular formula is C14H13Cl3N2. The molecule has 2 aromatic carbocycles. The zero-order valence-corrected chi connectivity index (χ0v) is 12.4. The highest BCUT2D eigenvalue weighted by Gasteiger charge is 2.02. The van der Waals surface area contributed by atoms with E-state index in [0.717, 1.165) is 29.5 Å². The van der Waals surface area contributed by atoms with Crippen LogP contribution in [0.2, 0.25) is 15.1 Å². The Labute approximate surface area is 127 Å². The fourth-order valence-corrected chi connectivity index (χ4v) is 2.11. The molecule has 0 aliphatic heterocycles. The van der Waals surface area contributed by atoms with Crippen molar-refractivity contribution in [2.75, 3.05) is 23.7 Å². The van der Waals surface area contributed by atoms with Crippen molar-refractivity contribution in [3.05, 3.63) is 57.5 Å². The van der Waals surface area contributed by atoms with Crippen LogP contribution in [-0.2, 0) is 0 Å². The van der Waals surface area contributed by atoms with Crippen molar-refractivity contribution in [2.45, 2.75) is 0 Å². The molecule has 0 saturated heterocycles. The Morgan fingerprint density at radius 3 is 2.21 bits per heavy atom. The molecule has 0 aliphatic rings. The Bertz CT molecular complexity index is 541. The second-order valence-electron chi connectivity index (χ2n) is 3.96. The summed E-state index contributed by atoms with van der Waals surface area (Å²) in [7, 11) is 0. The lowest BCUT2D eigenvalue weighted by Crippen LogP contribution is -2.13. The molecule has 0 fully saturated rings. The van der Waals surface area contributed by atoms with Gasteiger partial charge >= 0.3 is 0 Å². The summed E-state index contributed by atoms with van der Waals surface area (Å²) in [5.74, 6) is 0. The first-order valence-electron chi connectivity index (χ1n) is 5.84. The van der Waals surface area contributed by atoms with E-state index in [1.54, 1.807) is 6.07 Å². The molecule has 0 aliphatic carbocycles. The predicted molar refractivity (Wildman–Crippen MR) is 84.9 cm³/mol. The van der Waals surface area contributed by atoms with Gasteiger partial charge in [0.25, 0.3) is 0 Å². The van der Waals surface area contributed by atoms with Crippen LogP contribution < -0.4 is 10.6 Å². The third-order valence-corrected chi connectivity index (χ3v) is 3.64. The maximum atomic E-state index is 6.08. The smallest absolute Gasteiger partial charge is 0.0823 e. The van der Waals surface area contributed by atoms with Crippen molar-refractivity contribution < 1.29 is 0 Å². The van der Waals surface area contributed by atoms with Gasteiger partial charge in [-0.05, 0) is 36.4 Å². The van der Waals surface area contributed by atoms with Crippen LogP contribution >= 0.6 is 34.8 Å². The monoisotopic (exact) mass is 314 g/mol. The number of rotatable bonds is 5. The topological polar surface area (TPSA) is 24.1 Å². The molecule has 0 bridgehead atoms. The van der Waals surface area contributed by atoms with Crippen molar-refractivity contribution in [3.8, 4) is 0 Å². The molecule has 0 atom stereocenters. The average molecular weight is 316 g/mol. The van der Waals surface area contributed by atoms with Crippen LogP contribution in [0.25, 0.3) is 0 Å². The Kier molecular flexibility index (Phi) is 5.20. The van der Waals surface area contributed by atoms with Crippen LogP contribution in [0.4, 0.5) is 11.4 Å². The first-order chi connectivity index (χ1) is 9.16.